The highest BCUT2D eigenvalue weighted by Crippen LogP contribution is 2.23. The fourth-order valence-corrected chi connectivity index (χ4v) is 3.89. The Balaban J connectivity index is 1.54. The maximum absolute atomic E-state index is 13.0. The maximum atomic E-state index is 13.0. The molecule has 1 aliphatic rings. The summed E-state index contributed by atoms with van der Waals surface area (Å²) in [5, 5.41) is 7.73. The van der Waals surface area contributed by atoms with Crippen molar-refractivity contribution < 1.29 is 4.79 Å². The molecule has 2 aromatic heterocycles. The predicted octanol–water partition coefficient (Wildman–Crippen LogP) is 2.99. The summed E-state index contributed by atoms with van der Waals surface area (Å²) in [7, 11) is 0. The Morgan fingerprint density at radius 2 is 2.00 bits per heavy atom. The highest BCUT2D eigenvalue weighted by Gasteiger charge is 2.27. The molecule has 0 fully saturated rings. The number of aromatic nitrogens is 3. The molecule has 6 nitrogen and oxygen atoms in total. The SMILES string of the molecule is C=CCN1CCc2c(c(C(=O)NCc3ccccn3)nn2CCc2ccccc2)C1. The molecule has 30 heavy (non-hydrogen) atoms. The van der Waals surface area contributed by atoms with Gasteiger partial charge in [-0.2, -0.15) is 5.10 Å². The van der Waals surface area contributed by atoms with Crippen molar-refractivity contribution in [3.8, 4) is 0 Å². The summed E-state index contributed by atoms with van der Waals surface area (Å²) in [5.74, 6) is -0.143. The Kier molecular flexibility index (Phi) is 6.35. The van der Waals surface area contributed by atoms with Crippen LogP contribution in [-0.4, -0.2) is 38.7 Å². The van der Waals surface area contributed by atoms with Gasteiger partial charge in [-0.25, -0.2) is 0 Å². The number of nitrogens with zero attached hydrogens (tertiary/aromatic N) is 4. The maximum Gasteiger partial charge on any atom is 0.272 e. The number of carbonyl (C=O) groups excluding carboxylic acids is 1. The number of rotatable bonds is 8. The van der Waals surface area contributed by atoms with Gasteiger partial charge in [0.1, 0.15) is 0 Å². The predicted molar refractivity (Wildman–Crippen MR) is 117 cm³/mol. The van der Waals surface area contributed by atoms with Gasteiger partial charge in [-0.15, -0.1) is 6.58 Å². The second-order valence-corrected chi connectivity index (χ2v) is 7.51. The van der Waals surface area contributed by atoms with E-state index in [1.807, 2.05) is 35.0 Å². The standard InChI is InChI=1S/C24H27N5O/c1-2-14-28-15-12-22-21(18-28)23(24(30)26-17-20-10-6-7-13-25-20)27-29(22)16-11-19-8-4-3-5-9-19/h2-10,13H,1,11-12,14-18H2,(H,26,30). The van der Waals surface area contributed by atoms with Gasteiger partial charge < -0.3 is 5.32 Å². The number of benzene rings is 1. The Hall–Kier alpha value is -3.25. The smallest absolute Gasteiger partial charge is 0.272 e. The van der Waals surface area contributed by atoms with Crippen LogP contribution in [0.4, 0.5) is 0 Å². The lowest BCUT2D eigenvalue weighted by atomic mass is 10.0. The van der Waals surface area contributed by atoms with E-state index in [4.69, 9.17) is 5.10 Å². The molecule has 3 aromatic rings. The zero-order valence-electron chi connectivity index (χ0n) is 17.1. The summed E-state index contributed by atoms with van der Waals surface area (Å²) in [6.07, 6.45) is 5.42. The summed E-state index contributed by atoms with van der Waals surface area (Å²) in [6, 6.07) is 16.1. The number of hydrogen-bond donors (Lipinski definition) is 1. The van der Waals surface area contributed by atoms with Crippen LogP contribution in [0.1, 0.15) is 33.0 Å². The van der Waals surface area contributed by atoms with E-state index in [9.17, 15) is 4.79 Å². The third-order valence-electron chi connectivity index (χ3n) is 5.43. The minimum Gasteiger partial charge on any atom is -0.345 e. The van der Waals surface area contributed by atoms with E-state index in [0.29, 0.717) is 12.2 Å². The average Bonchev–Trinajstić information content (AvgIpc) is 3.16. The van der Waals surface area contributed by atoms with Crippen molar-refractivity contribution in [2.75, 3.05) is 13.1 Å². The highest BCUT2D eigenvalue weighted by molar-refractivity contribution is 5.94. The van der Waals surface area contributed by atoms with Crippen molar-refractivity contribution in [3.05, 3.63) is 95.6 Å². The summed E-state index contributed by atoms with van der Waals surface area (Å²) in [6.45, 7) is 7.49. The topological polar surface area (TPSA) is 63.1 Å². The van der Waals surface area contributed by atoms with Crippen LogP contribution in [0.2, 0.25) is 0 Å². The average molecular weight is 402 g/mol. The minimum absolute atomic E-state index is 0.143. The summed E-state index contributed by atoms with van der Waals surface area (Å²) in [4.78, 5) is 19.6. The first kappa shape index (κ1) is 20.0. The van der Waals surface area contributed by atoms with Gasteiger partial charge in [0.05, 0.1) is 12.2 Å². The van der Waals surface area contributed by atoms with Gasteiger partial charge in [-0.3, -0.25) is 19.4 Å². The van der Waals surface area contributed by atoms with E-state index in [-0.39, 0.29) is 5.91 Å². The molecule has 0 spiro atoms. The van der Waals surface area contributed by atoms with Crippen LogP contribution in [0.3, 0.4) is 0 Å². The van der Waals surface area contributed by atoms with Crippen LogP contribution in [0.5, 0.6) is 0 Å². The number of nitrogens with one attached hydrogen (secondary N) is 1. The zero-order chi connectivity index (χ0) is 20.8. The van der Waals surface area contributed by atoms with Gasteiger partial charge in [-0.05, 0) is 24.1 Å². The van der Waals surface area contributed by atoms with Crippen molar-refractivity contribution in [1.29, 1.82) is 0 Å². The van der Waals surface area contributed by atoms with E-state index in [1.165, 1.54) is 11.3 Å². The van der Waals surface area contributed by atoms with E-state index in [2.05, 4.69) is 46.0 Å². The van der Waals surface area contributed by atoms with E-state index < -0.39 is 0 Å². The number of aryl methyl sites for hydroxylation is 2. The molecule has 154 valence electrons. The third kappa shape index (κ3) is 4.66. The Labute approximate surface area is 177 Å². The van der Waals surface area contributed by atoms with Gasteiger partial charge in [-0.1, -0.05) is 42.5 Å². The zero-order valence-corrected chi connectivity index (χ0v) is 17.1. The molecule has 0 radical (unpaired) electrons. The second-order valence-electron chi connectivity index (χ2n) is 7.51. The molecular weight excluding hydrogens is 374 g/mol. The molecule has 1 amide bonds. The summed E-state index contributed by atoms with van der Waals surface area (Å²) in [5.41, 5.74) is 4.84. The molecule has 0 aliphatic carbocycles. The van der Waals surface area contributed by atoms with Crippen LogP contribution in [-0.2, 0) is 32.5 Å². The molecule has 1 N–H and O–H groups in total. The summed E-state index contributed by atoms with van der Waals surface area (Å²) >= 11 is 0. The fourth-order valence-electron chi connectivity index (χ4n) is 3.89. The van der Waals surface area contributed by atoms with Crippen molar-refractivity contribution in [1.82, 2.24) is 25.0 Å². The van der Waals surface area contributed by atoms with E-state index in [0.717, 1.165) is 50.3 Å². The Bertz CT molecular complexity index is 997. The first-order chi connectivity index (χ1) is 14.7. The van der Waals surface area contributed by atoms with Crippen LogP contribution in [0.15, 0.2) is 67.4 Å². The fraction of sp³-hybridized carbons (Fsp3) is 0.292. The van der Waals surface area contributed by atoms with Crippen molar-refractivity contribution in [2.45, 2.75) is 32.5 Å². The highest BCUT2D eigenvalue weighted by atomic mass is 16.2. The van der Waals surface area contributed by atoms with Gasteiger partial charge in [0, 0.05) is 50.1 Å². The number of carbonyl (C=O) groups is 1. The third-order valence-corrected chi connectivity index (χ3v) is 5.43. The van der Waals surface area contributed by atoms with Crippen LogP contribution in [0, 0.1) is 0 Å². The van der Waals surface area contributed by atoms with Crippen molar-refractivity contribution in [2.24, 2.45) is 0 Å². The monoisotopic (exact) mass is 401 g/mol. The van der Waals surface area contributed by atoms with Gasteiger partial charge in [0.15, 0.2) is 5.69 Å². The largest absolute Gasteiger partial charge is 0.345 e. The molecule has 1 aliphatic heterocycles. The molecule has 0 saturated heterocycles. The van der Waals surface area contributed by atoms with Crippen LogP contribution >= 0.6 is 0 Å². The lowest BCUT2D eigenvalue weighted by Gasteiger charge is -2.26. The lowest BCUT2D eigenvalue weighted by Crippen LogP contribution is -2.32. The van der Waals surface area contributed by atoms with Crippen LogP contribution in [0.25, 0.3) is 0 Å². The number of amides is 1. The van der Waals surface area contributed by atoms with Gasteiger partial charge >= 0.3 is 0 Å². The van der Waals surface area contributed by atoms with E-state index >= 15 is 0 Å². The number of hydrogen-bond acceptors (Lipinski definition) is 4. The molecule has 0 saturated carbocycles. The molecule has 3 heterocycles. The van der Waals surface area contributed by atoms with E-state index in [1.54, 1.807) is 6.20 Å². The van der Waals surface area contributed by atoms with Gasteiger partial charge in [0.2, 0.25) is 0 Å². The Morgan fingerprint density at radius 3 is 2.77 bits per heavy atom. The number of pyridine rings is 1. The first-order valence-corrected chi connectivity index (χ1v) is 10.4. The molecule has 0 bridgehead atoms. The molecule has 6 heteroatoms. The molecule has 0 atom stereocenters. The molecular formula is C24H27N5O. The first-order valence-electron chi connectivity index (χ1n) is 10.4. The Morgan fingerprint density at radius 1 is 1.17 bits per heavy atom. The minimum atomic E-state index is -0.143. The molecule has 1 aromatic carbocycles. The van der Waals surface area contributed by atoms with Crippen molar-refractivity contribution in [3.63, 3.8) is 0 Å². The number of fused-ring (bicyclic) bond motifs is 1. The molecule has 0 unspecified atom stereocenters. The summed E-state index contributed by atoms with van der Waals surface area (Å²) < 4.78 is 2.03. The second kappa shape index (κ2) is 9.50. The quantitative estimate of drug-likeness (QED) is 0.590. The van der Waals surface area contributed by atoms with Gasteiger partial charge in [0.25, 0.3) is 5.91 Å². The lowest BCUT2D eigenvalue weighted by molar-refractivity contribution is 0.0942. The van der Waals surface area contributed by atoms with Crippen molar-refractivity contribution >= 4 is 5.91 Å². The van der Waals surface area contributed by atoms with Crippen LogP contribution < -0.4 is 5.32 Å². The normalized spacial score (nSPS) is 13.6. The molecule has 4 rings (SSSR count).